The number of aryl methyl sites for hydroxylation is 4. The third kappa shape index (κ3) is 2.42. The summed E-state index contributed by atoms with van der Waals surface area (Å²) in [4.78, 5) is 16.1. The van der Waals surface area contributed by atoms with E-state index in [0.29, 0.717) is 17.3 Å². The van der Waals surface area contributed by atoms with Crippen LogP contribution in [-0.4, -0.2) is 10.9 Å². The van der Waals surface area contributed by atoms with Crippen molar-refractivity contribution < 1.29 is 9.21 Å². The molecule has 1 amide bonds. The fourth-order valence-corrected chi connectivity index (χ4v) is 1.87. The van der Waals surface area contributed by atoms with E-state index in [1.165, 1.54) is 5.56 Å². The Hall–Kier alpha value is -2.10. The molecule has 0 aliphatic rings. The number of benzene rings is 1. The molecule has 4 heteroatoms. The Morgan fingerprint density at radius 1 is 1.22 bits per heavy atom. The summed E-state index contributed by atoms with van der Waals surface area (Å²) in [7, 11) is 0. The molecule has 0 bridgehead atoms. The summed E-state index contributed by atoms with van der Waals surface area (Å²) >= 11 is 0. The number of nitrogens with one attached hydrogen (secondary N) is 1. The number of hydrogen-bond acceptors (Lipinski definition) is 3. The first kappa shape index (κ1) is 12.4. The van der Waals surface area contributed by atoms with E-state index >= 15 is 0 Å². The highest BCUT2D eigenvalue weighted by Gasteiger charge is 2.16. The number of anilines is 1. The summed E-state index contributed by atoms with van der Waals surface area (Å²) in [5, 5.41) is 2.85. The van der Waals surface area contributed by atoms with Crippen LogP contribution >= 0.6 is 0 Å². The fraction of sp³-hybridized carbons (Fsp3) is 0.286. The SMILES string of the molecule is Cc1ccc(NC(=O)c2nc(C)oc2C)c(C)c1. The molecule has 0 atom stereocenters. The van der Waals surface area contributed by atoms with E-state index < -0.39 is 0 Å². The molecule has 0 aliphatic heterocycles. The van der Waals surface area contributed by atoms with Crippen LogP contribution in [0.5, 0.6) is 0 Å². The molecule has 1 aromatic heterocycles. The van der Waals surface area contributed by atoms with Crippen LogP contribution in [-0.2, 0) is 0 Å². The Balaban J connectivity index is 2.24. The standard InChI is InChI=1S/C14H16N2O2/c1-8-5-6-12(9(2)7-8)16-14(17)13-10(3)18-11(4)15-13/h5-7H,1-4H3,(H,16,17). The summed E-state index contributed by atoms with van der Waals surface area (Å²) < 4.78 is 5.25. The molecule has 0 saturated heterocycles. The number of nitrogens with zero attached hydrogens (tertiary/aromatic N) is 1. The normalized spacial score (nSPS) is 10.4. The van der Waals surface area contributed by atoms with Gasteiger partial charge in [0.2, 0.25) is 0 Å². The maximum absolute atomic E-state index is 12.1. The van der Waals surface area contributed by atoms with Crippen molar-refractivity contribution in [1.29, 1.82) is 0 Å². The molecule has 0 saturated carbocycles. The van der Waals surface area contributed by atoms with Crippen LogP contribution in [0.1, 0.15) is 33.3 Å². The molecule has 1 aromatic carbocycles. The lowest BCUT2D eigenvalue weighted by molar-refractivity contribution is 0.102. The van der Waals surface area contributed by atoms with Gasteiger partial charge in [-0.3, -0.25) is 4.79 Å². The van der Waals surface area contributed by atoms with Gasteiger partial charge in [0.15, 0.2) is 11.6 Å². The Morgan fingerprint density at radius 2 is 1.94 bits per heavy atom. The molecule has 18 heavy (non-hydrogen) atoms. The fourth-order valence-electron chi connectivity index (χ4n) is 1.87. The Labute approximate surface area is 106 Å². The predicted octanol–water partition coefficient (Wildman–Crippen LogP) is 3.16. The minimum absolute atomic E-state index is 0.240. The van der Waals surface area contributed by atoms with E-state index in [1.807, 2.05) is 32.0 Å². The molecule has 0 fully saturated rings. The van der Waals surface area contributed by atoms with E-state index in [-0.39, 0.29) is 5.91 Å². The summed E-state index contributed by atoms with van der Waals surface area (Å²) in [6, 6.07) is 5.88. The molecule has 1 heterocycles. The van der Waals surface area contributed by atoms with Crippen LogP contribution in [0.2, 0.25) is 0 Å². The number of amides is 1. The second-order valence-electron chi connectivity index (χ2n) is 4.41. The quantitative estimate of drug-likeness (QED) is 0.882. The first-order valence-corrected chi connectivity index (χ1v) is 5.80. The van der Waals surface area contributed by atoms with Crippen molar-refractivity contribution in [3.05, 3.63) is 46.7 Å². The number of rotatable bonds is 2. The van der Waals surface area contributed by atoms with Crippen LogP contribution in [0.15, 0.2) is 22.6 Å². The van der Waals surface area contributed by atoms with Crippen LogP contribution < -0.4 is 5.32 Å². The Bertz CT molecular complexity index is 600. The summed E-state index contributed by atoms with van der Waals surface area (Å²) in [6.07, 6.45) is 0. The van der Waals surface area contributed by atoms with Gasteiger partial charge in [0.1, 0.15) is 5.76 Å². The molecule has 0 spiro atoms. The lowest BCUT2D eigenvalue weighted by Crippen LogP contribution is -2.14. The average Bonchev–Trinajstić information content (AvgIpc) is 2.62. The second-order valence-corrected chi connectivity index (χ2v) is 4.41. The summed E-state index contributed by atoms with van der Waals surface area (Å²) in [5.41, 5.74) is 3.33. The van der Waals surface area contributed by atoms with Crippen LogP contribution in [0.3, 0.4) is 0 Å². The number of oxazole rings is 1. The van der Waals surface area contributed by atoms with Crippen LogP contribution in [0.25, 0.3) is 0 Å². The Kier molecular flexibility index (Phi) is 3.19. The molecule has 2 aromatic rings. The van der Waals surface area contributed by atoms with Gasteiger partial charge < -0.3 is 9.73 Å². The van der Waals surface area contributed by atoms with E-state index in [9.17, 15) is 4.79 Å². The van der Waals surface area contributed by atoms with Crippen molar-refractivity contribution in [2.24, 2.45) is 0 Å². The topological polar surface area (TPSA) is 55.1 Å². The predicted molar refractivity (Wildman–Crippen MR) is 69.8 cm³/mol. The Morgan fingerprint density at radius 3 is 2.50 bits per heavy atom. The highest BCUT2D eigenvalue weighted by atomic mass is 16.4. The summed E-state index contributed by atoms with van der Waals surface area (Å²) in [6.45, 7) is 7.44. The van der Waals surface area contributed by atoms with E-state index in [2.05, 4.69) is 10.3 Å². The van der Waals surface area contributed by atoms with Gasteiger partial charge in [-0.1, -0.05) is 17.7 Å². The molecule has 94 valence electrons. The largest absolute Gasteiger partial charge is 0.445 e. The minimum Gasteiger partial charge on any atom is -0.445 e. The minimum atomic E-state index is -0.240. The van der Waals surface area contributed by atoms with E-state index in [0.717, 1.165) is 11.3 Å². The maximum atomic E-state index is 12.1. The molecule has 4 nitrogen and oxygen atoms in total. The molecular weight excluding hydrogens is 228 g/mol. The van der Waals surface area contributed by atoms with Crippen molar-refractivity contribution in [3.8, 4) is 0 Å². The highest BCUT2D eigenvalue weighted by Crippen LogP contribution is 2.18. The van der Waals surface area contributed by atoms with Crippen molar-refractivity contribution >= 4 is 11.6 Å². The molecular formula is C14H16N2O2. The molecule has 1 N–H and O–H groups in total. The van der Waals surface area contributed by atoms with Crippen LogP contribution in [0.4, 0.5) is 5.69 Å². The third-order valence-corrected chi connectivity index (χ3v) is 2.75. The third-order valence-electron chi connectivity index (χ3n) is 2.75. The first-order valence-electron chi connectivity index (χ1n) is 5.80. The zero-order chi connectivity index (χ0) is 13.3. The van der Waals surface area contributed by atoms with Gasteiger partial charge >= 0.3 is 0 Å². The molecule has 2 rings (SSSR count). The molecule has 0 radical (unpaired) electrons. The second kappa shape index (κ2) is 4.64. The lowest BCUT2D eigenvalue weighted by atomic mass is 10.1. The smallest absolute Gasteiger partial charge is 0.277 e. The lowest BCUT2D eigenvalue weighted by Gasteiger charge is -2.07. The van der Waals surface area contributed by atoms with Gasteiger partial charge in [0.05, 0.1) is 0 Å². The monoisotopic (exact) mass is 244 g/mol. The number of carbonyl (C=O) groups is 1. The first-order chi connectivity index (χ1) is 8.47. The molecule has 0 aliphatic carbocycles. The van der Waals surface area contributed by atoms with Crippen molar-refractivity contribution in [2.45, 2.75) is 27.7 Å². The van der Waals surface area contributed by atoms with Gasteiger partial charge in [-0.15, -0.1) is 0 Å². The number of hydrogen-bond donors (Lipinski definition) is 1. The van der Waals surface area contributed by atoms with Gasteiger partial charge in [-0.05, 0) is 32.4 Å². The highest BCUT2D eigenvalue weighted by molar-refractivity contribution is 6.03. The van der Waals surface area contributed by atoms with Gasteiger partial charge in [-0.25, -0.2) is 4.98 Å². The van der Waals surface area contributed by atoms with E-state index in [4.69, 9.17) is 4.42 Å². The van der Waals surface area contributed by atoms with E-state index in [1.54, 1.807) is 13.8 Å². The number of aromatic nitrogens is 1. The van der Waals surface area contributed by atoms with Gasteiger partial charge in [0.25, 0.3) is 5.91 Å². The van der Waals surface area contributed by atoms with Gasteiger partial charge in [-0.2, -0.15) is 0 Å². The maximum Gasteiger partial charge on any atom is 0.277 e. The zero-order valence-corrected chi connectivity index (χ0v) is 11.0. The summed E-state index contributed by atoms with van der Waals surface area (Å²) in [5.74, 6) is 0.796. The number of carbonyl (C=O) groups excluding carboxylic acids is 1. The van der Waals surface area contributed by atoms with Crippen LogP contribution in [0, 0.1) is 27.7 Å². The zero-order valence-electron chi connectivity index (χ0n) is 11.0. The van der Waals surface area contributed by atoms with Crippen molar-refractivity contribution in [2.75, 3.05) is 5.32 Å². The average molecular weight is 244 g/mol. The van der Waals surface area contributed by atoms with Gasteiger partial charge in [0, 0.05) is 12.6 Å². The van der Waals surface area contributed by atoms with Crippen molar-refractivity contribution in [3.63, 3.8) is 0 Å². The molecule has 0 unspecified atom stereocenters. The van der Waals surface area contributed by atoms with Crippen molar-refractivity contribution in [1.82, 2.24) is 4.98 Å².